The fraction of sp³-hybridized carbons (Fsp3) is 0.250. The highest BCUT2D eigenvalue weighted by Gasteiger charge is 2.17. The van der Waals surface area contributed by atoms with E-state index in [4.69, 9.17) is 27.9 Å². The fourth-order valence-corrected chi connectivity index (χ4v) is 2.58. The minimum Gasteiger partial charge on any atom is -0.496 e. The number of rotatable bonds is 5. The van der Waals surface area contributed by atoms with Crippen LogP contribution in [0.5, 0.6) is 5.75 Å². The maximum absolute atomic E-state index is 6.10. The summed E-state index contributed by atoms with van der Waals surface area (Å²) in [7, 11) is 1.65. The van der Waals surface area contributed by atoms with Crippen LogP contribution in [0.15, 0.2) is 42.5 Å². The molecule has 0 amide bonds. The van der Waals surface area contributed by atoms with Crippen LogP contribution in [0.2, 0.25) is 10.0 Å². The van der Waals surface area contributed by atoms with E-state index in [-0.39, 0.29) is 6.04 Å². The number of ether oxygens (including phenoxy) is 1. The zero-order valence-corrected chi connectivity index (χ0v) is 13.0. The van der Waals surface area contributed by atoms with Gasteiger partial charge >= 0.3 is 0 Å². The first-order valence-electron chi connectivity index (χ1n) is 6.48. The first-order valence-corrected chi connectivity index (χ1v) is 7.23. The van der Waals surface area contributed by atoms with Crippen molar-refractivity contribution in [3.05, 3.63) is 63.6 Å². The summed E-state index contributed by atoms with van der Waals surface area (Å²) in [6.45, 7) is 2.91. The molecule has 1 atom stereocenters. The number of hydrogen-bond donors (Lipinski definition) is 1. The smallest absolute Gasteiger partial charge is 0.125 e. The first-order chi connectivity index (χ1) is 9.65. The summed E-state index contributed by atoms with van der Waals surface area (Å²) >= 11 is 12.1. The Labute approximate surface area is 129 Å². The molecule has 20 heavy (non-hydrogen) atoms. The zero-order valence-electron chi connectivity index (χ0n) is 11.5. The van der Waals surface area contributed by atoms with E-state index in [0.717, 1.165) is 28.4 Å². The van der Waals surface area contributed by atoms with Crippen LogP contribution >= 0.6 is 23.2 Å². The van der Waals surface area contributed by atoms with Crippen molar-refractivity contribution >= 4 is 23.2 Å². The minimum atomic E-state index is 0.0194. The molecule has 0 saturated carbocycles. The fourth-order valence-electron chi connectivity index (χ4n) is 2.22. The number of methoxy groups -OCH3 is 1. The van der Waals surface area contributed by atoms with Crippen LogP contribution in [0.1, 0.15) is 24.1 Å². The van der Waals surface area contributed by atoms with Crippen molar-refractivity contribution < 1.29 is 4.74 Å². The molecule has 2 rings (SSSR count). The molecule has 2 aromatic carbocycles. The highest BCUT2D eigenvalue weighted by Crippen LogP contribution is 2.33. The highest BCUT2D eigenvalue weighted by molar-refractivity contribution is 6.31. The van der Waals surface area contributed by atoms with E-state index >= 15 is 0 Å². The van der Waals surface area contributed by atoms with E-state index in [2.05, 4.69) is 12.2 Å². The molecule has 2 aromatic rings. The number of benzene rings is 2. The van der Waals surface area contributed by atoms with Gasteiger partial charge in [0.15, 0.2) is 0 Å². The van der Waals surface area contributed by atoms with Crippen LogP contribution in [0.4, 0.5) is 0 Å². The van der Waals surface area contributed by atoms with Gasteiger partial charge in [0.25, 0.3) is 0 Å². The molecule has 1 unspecified atom stereocenters. The maximum atomic E-state index is 6.10. The average molecular weight is 310 g/mol. The lowest BCUT2D eigenvalue weighted by Gasteiger charge is -2.21. The Morgan fingerprint density at radius 1 is 1.10 bits per heavy atom. The Morgan fingerprint density at radius 3 is 2.50 bits per heavy atom. The lowest BCUT2D eigenvalue weighted by atomic mass is 9.97. The largest absolute Gasteiger partial charge is 0.496 e. The zero-order chi connectivity index (χ0) is 14.5. The third kappa shape index (κ3) is 3.45. The maximum Gasteiger partial charge on any atom is 0.125 e. The molecule has 4 heteroatoms. The van der Waals surface area contributed by atoms with Crippen LogP contribution in [0.25, 0.3) is 0 Å². The van der Waals surface area contributed by atoms with Crippen molar-refractivity contribution in [2.75, 3.05) is 13.7 Å². The second-order valence-electron chi connectivity index (χ2n) is 4.43. The molecule has 1 N–H and O–H groups in total. The third-order valence-corrected chi connectivity index (χ3v) is 3.57. The molecule has 0 spiro atoms. The lowest BCUT2D eigenvalue weighted by molar-refractivity contribution is 0.404. The Morgan fingerprint density at radius 2 is 1.85 bits per heavy atom. The van der Waals surface area contributed by atoms with Crippen LogP contribution in [0.3, 0.4) is 0 Å². The Bertz CT molecular complexity index is 586. The van der Waals surface area contributed by atoms with Crippen LogP contribution in [-0.2, 0) is 0 Å². The average Bonchev–Trinajstić information content (AvgIpc) is 2.45. The van der Waals surface area contributed by atoms with E-state index < -0.39 is 0 Å². The summed E-state index contributed by atoms with van der Waals surface area (Å²) < 4.78 is 5.45. The van der Waals surface area contributed by atoms with Crippen LogP contribution in [0, 0.1) is 0 Å². The predicted molar refractivity (Wildman–Crippen MR) is 85.0 cm³/mol. The van der Waals surface area contributed by atoms with E-state index in [0.29, 0.717) is 5.02 Å². The predicted octanol–water partition coefficient (Wildman–Crippen LogP) is 4.70. The van der Waals surface area contributed by atoms with Gasteiger partial charge in [-0.3, -0.25) is 0 Å². The Hall–Kier alpha value is -1.22. The summed E-state index contributed by atoms with van der Waals surface area (Å²) in [6.07, 6.45) is 0. The molecular formula is C16H17Cl2NO. The van der Waals surface area contributed by atoms with Gasteiger partial charge in [0, 0.05) is 15.6 Å². The quantitative estimate of drug-likeness (QED) is 0.864. The molecule has 0 radical (unpaired) electrons. The molecule has 0 aliphatic carbocycles. The minimum absolute atomic E-state index is 0.0194. The monoisotopic (exact) mass is 309 g/mol. The Kier molecular flexibility index (Phi) is 5.30. The molecular weight excluding hydrogens is 293 g/mol. The molecule has 0 aliphatic rings. The van der Waals surface area contributed by atoms with Crippen molar-refractivity contribution in [2.24, 2.45) is 0 Å². The Balaban J connectivity index is 2.48. The second kappa shape index (κ2) is 6.98. The normalized spacial score (nSPS) is 12.2. The van der Waals surface area contributed by atoms with E-state index in [1.165, 1.54) is 0 Å². The summed E-state index contributed by atoms with van der Waals surface area (Å²) in [5.74, 6) is 0.767. The standard InChI is InChI=1S/C16H17Cl2NO/c1-3-19-16(11-5-4-6-12(17)9-11)14-8-7-13(18)10-15(14)20-2/h4-10,16,19H,3H2,1-2H3. The summed E-state index contributed by atoms with van der Waals surface area (Å²) in [5.41, 5.74) is 2.14. The van der Waals surface area contributed by atoms with Crippen molar-refractivity contribution in [2.45, 2.75) is 13.0 Å². The molecule has 106 valence electrons. The van der Waals surface area contributed by atoms with Crippen molar-refractivity contribution in [3.63, 3.8) is 0 Å². The number of hydrogen-bond acceptors (Lipinski definition) is 2. The number of halogens is 2. The first kappa shape index (κ1) is 15.2. The number of nitrogens with one attached hydrogen (secondary N) is 1. The molecule has 2 nitrogen and oxygen atoms in total. The molecule has 0 aromatic heterocycles. The van der Waals surface area contributed by atoms with Gasteiger partial charge in [-0.05, 0) is 36.4 Å². The SMILES string of the molecule is CCNC(c1cccc(Cl)c1)c1ccc(Cl)cc1OC. The van der Waals surface area contributed by atoms with Crippen molar-refractivity contribution in [1.82, 2.24) is 5.32 Å². The van der Waals surface area contributed by atoms with Gasteiger partial charge < -0.3 is 10.1 Å². The van der Waals surface area contributed by atoms with Crippen LogP contribution < -0.4 is 10.1 Å². The second-order valence-corrected chi connectivity index (χ2v) is 5.30. The third-order valence-electron chi connectivity index (χ3n) is 3.10. The molecule has 0 fully saturated rings. The summed E-state index contributed by atoms with van der Waals surface area (Å²) in [4.78, 5) is 0. The van der Waals surface area contributed by atoms with E-state index in [1.54, 1.807) is 7.11 Å². The molecule has 0 heterocycles. The van der Waals surface area contributed by atoms with Gasteiger partial charge in [-0.2, -0.15) is 0 Å². The van der Waals surface area contributed by atoms with E-state index in [9.17, 15) is 0 Å². The molecule has 0 saturated heterocycles. The van der Waals surface area contributed by atoms with Crippen molar-refractivity contribution in [1.29, 1.82) is 0 Å². The summed E-state index contributed by atoms with van der Waals surface area (Å²) in [5, 5.41) is 4.83. The van der Waals surface area contributed by atoms with Crippen molar-refractivity contribution in [3.8, 4) is 5.75 Å². The topological polar surface area (TPSA) is 21.3 Å². The van der Waals surface area contributed by atoms with Gasteiger partial charge in [0.1, 0.15) is 5.75 Å². The van der Waals surface area contributed by atoms with Gasteiger partial charge in [0.2, 0.25) is 0 Å². The molecule has 0 aliphatic heterocycles. The van der Waals surface area contributed by atoms with Gasteiger partial charge in [-0.25, -0.2) is 0 Å². The van der Waals surface area contributed by atoms with Gasteiger partial charge in [-0.15, -0.1) is 0 Å². The lowest BCUT2D eigenvalue weighted by Crippen LogP contribution is -2.22. The summed E-state index contributed by atoms with van der Waals surface area (Å²) in [6, 6.07) is 13.5. The van der Waals surface area contributed by atoms with Gasteiger partial charge in [0.05, 0.1) is 13.2 Å². The highest BCUT2D eigenvalue weighted by atomic mass is 35.5. The molecule has 0 bridgehead atoms. The van der Waals surface area contributed by atoms with E-state index in [1.807, 2.05) is 42.5 Å². The van der Waals surface area contributed by atoms with Crippen LogP contribution in [-0.4, -0.2) is 13.7 Å². The van der Waals surface area contributed by atoms with Gasteiger partial charge in [-0.1, -0.05) is 48.3 Å².